The summed E-state index contributed by atoms with van der Waals surface area (Å²) in [4.78, 5) is 11.2. The van der Waals surface area contributed by atoms with Crippen LogP contribution in [0.2, 0.25) is 0 Å². The molecule has 0 unspecified atom stereocenters. The number of rotatable bonds is 2. The van der Waals surface area contributed by atoms with Crippen molar-refractivity contribution in [3.05, 3.63) is 7.82 Å². The first-order chi connectivity index (χ1) is 5.75. The summed E-state index contributed by atoms with van der Waals surface area (Å²) in [5.74, 6) is 2.02. The van der Waals surface area contributed by atoms with Crippen LogP contribution in [-0.2, 0) is 9.53 Å². The third kappa shape index (κ3) is 2.85. The van der Waals surface area contributed by atoms with E-state index in [0.717, 1.165) is 19.3 Å². The van der Waals surface area contributed by atoms with Gasteiger partial charge >= 0.3 is 5.97 Å². The Balaban J connectivity index is 2.60. The Bertz CT molecular complexity index is 207. The molecule has 5 heteroatoms. The smallest absolute Gasteiger partial charge is 0.346 e. The first-order valence-corrected chi connectivity index (χ1v) is 6.63. The average molecular weight is 316 g/mol. The lowest BCUT2D eigenvalue weighted by Crippen LogP contribution is -2.03. The van der Waals surface area contributed by atoms with Gasteiger partial charge in [-0.15, -0.1) is 23.5 Å². The van der Waals surface area contributed by atoms with Gasteiger partial charge in [0.05, 0.1) is 10.8 Å². The summed E-state index contributed by atoms with van der Waals surface area (Å²) in [6, 6.07) is 0. The summed E-state index contributed by atoms with van der Waals surface area (Å²) < 4.78 is 6.74. The minimum Gasteiger partial charge on any atom is -0.462 e. The van der Waals surface area contributed by atoms with Crippen LogP contribution in [0.15, 0.2) is 7.82 Å². The zero-order valence-corrected chi connectivity index (χ0v) is 10.4. The maximum Gasteiger partial charge on any atom is 0.346 e. The SMILES string of the molecule is CCOC(=O)C(I)=C1SCCS1. The van der Waals surface area contributed by atoms with Crippen molar-refractivity contribution < 1.29 is 9.53 Å². The van der Waals surface area contributed by atoms with E-state index in [0.29, 0.717) is 6.61 Å². The van der Waals surface area contributed by atoms with Crippen LogP contribution in [-0.4, -0.2) is 24.1 Å². The lowest BCUT2D eigenvalue weighted by atomic mass is 10.6. The first-order valence-electron chi connectivity index (χ1n) is 3.58. The van der Waals surface area contributed by atoms with Gasteiger partial charge in [0.1, 0.15) is 3.58 Å². The van der Waals surface area contributed by atoms with E-state index in [2.05, 4.69) is 22.6 Å². The lowest BCUT2D eigenvalue weighted by molar-refractivity contribution is -0.137. The van der Waals surface area contributed by atoms with Crippen LogP contribution in [0.3, 0.4) is 0 Å². The van der Waals surface area contributed by atoms with Crippen LogP contribution in [0.25, 0.3) is 0 Å². The van der Waals surface area contributed by atoms with E-state index >= 15 is 0 Å². The molecule has 0 N–H and O–H groups in total. The Morgan fingerprint density at radius 2 is 2.17 bits per heavy atom. The van der Waals surface area contributed by atoms with Crippen molar-refractivity contribution in [1.82, 2.24) is 0 Å². The third-order valence-electron chi connectivity index (χ3n) is 1.18. The highest BCUT2D eigenvalue weighted by molar-refractivity contribution is 14.1. The van der Waals surface area contributed by atoms with E-state index in [4.69, 9.17) is 4.74 Å². The summed E-state index contributed by atoms with van der Waals surface area (Å²) in [5.41, 5.74) is 0. The number of carbonyl (C=O) groups excluding carboxylic acids is 1. The molecule has 1 rings (SSSR count). The van der Waals surface area contributed by atoms with Crippen molar-refractivity contribution in [1.29, 1.82) is 0 Å². The van der Waals surface area contributed by atoms with Crippen LogP contribution in [0.5, 0.6) is 0 Å². The van der Waals surface area contributed by atoms with Gasteiger partial charge in [-0.05, 0) is 29.5 Å². The molecule has 1 fully saturated rings. The summed E-state index contributed by atoms with van der Waals surface area (Å²) in [7, 11) is 0. The van der Waals surface area contributed by atoms with E-state index < -0.39 is 0 Å². The van der Waals surface area contributed by atoms with Gasteiger partial charge in [-0.3, -0.25) is 0 Å². The Morgan fingerprint density at radius 3 is 2.67 bits per heavy atom. The maximum absolute atomic E-state index is 11.2. The molecule has 0 amide bonds. The molecule has 68 valence electrons. The first kappa shape index (κ1) is 10.7. The van der Waals surface area contributed by atoms with Crippen LogP contribution in [0, 0.1) is 0 Å². The fourth-order valence-corrected chi connectivity index (χ4v) is 4.10. The Labute approximate surface area is 94.0 Å². The fourth-order valence-electron chi connectivity index (χ4n) is 0.715. The molecule has 0 saturated carbocycles. The minimum absolute atomic E-state index is 0.185. The van der Waals surface area contributed by atoms with Crippen molar-refractivity contribution in [3.63, 3.8) is 0 Å². The largest absolute Gasteiger partial charge is 0.462 e. The van der Waals surface area contributed by atoms with Gasteiger partial charge in [-0.25, -0.2) is 4.79 Å². The summed E-state index contributed by atoms with van der Waals surface area (Å²) >= 11 is 5.53. The fraction of sp³-hybridized carbons (Fsp3) is 0.571. The van der Waals surface area contributed by atoms with Crippen molar-refractivity contribution >= 4 is 52.1 Å². The molecule has 1 aliphatic rings. The number of ether oxygens (including phenoxy) is 1. The molecule has 0 radical (unpaired) electrons. The van der Waals surface area contributed by atoms with Crippen LogP contribution in [0.4, 0.5) is 0 Å². The Morgan fingerprint density at radius 1 is 1.58 bits per heavy atom. The van der Waals surface area contributed by atoms with E-state index in [1.54, 1.807) is 23.5 Å². The van der Waals surface area contributed by atoms with E-state index in [9.17, 15) is 4.79 Å². The van der Waals surface area contributed by atoms with E-state index in [1.165, 1.54) is 0 Å². The molecule has 0 bridgehead atoms. The number of carbonyl (C=O) groups is 1. The van der Waals surface area contributed by atoms with Crippen LogP contribution in [0.1, 0.15) is 6.92 Å². The number of esters is 1. The second-order valence-electron chi connectivity index (χ2n) is 2.02. The lowest BCUT2D eigenvalue weighted by Gasteiger charge is -2.01. The molecule has 1 heterocycles. The highest BCUT2D eigenvalue weighted by Gasteiger charge is 2.18. The van der Waals surface area contributed by atoms with Crippen molar-refractivity contribution in [2.24, 2.45) is 0 Å². The second-order valence-corrected chi connectivity index (χ2v) is 5.57. The highest BCUT2D eigenvalue weighted by atomic mass is 127. The van der Waals surface area contributed by atoms with Gasteiger partial charge in [-0.1, -0.05) is 0 Å². The summed E-state index contributed by atoms with van der Waals surface area (Å²) in [6.07, 6.45) is 0. The van der Waals surface area contributed by atoms with Crippen molar-refractivity contribution in [2.75, 3.05) is 18.1 Å². The minimum atomic E-state index is -0.185. The molecule has 1 saturated heterocycles. The van der Waals surface area contributed by atoms with Crippen LogP contribution < -0.4 is 0 Å². The molecule has 0 aromatic rings. The number of hydrogen-bond acceptors (Lipinski definition) is 4. The number of thioether (sulfide) groups is 2. The number of halogens is 1. The zero-order chi connectivity index (χ0) is 8.97. The molecular formula is C7H9IO2S2. The molecule has 12 heavy (non-hydrogen) atoms. The monoisotopic (exact) mass is 316 g/mol. The van der Waals surface area contributed by atoms with Gasteiger partial charge in [-0.2, -0.15) is 0 Å². The van der Waals surface area contributed by atoms with Gasteiger partial charge < -0.3 is 4.74 Å². The molecule has 2 nitrogen and oxygen atoms in total. The Hall–Kier alpha value is 0.640. The quantitative estimate of drug-likeness (QED) is 0.444. The molecule has 1 aliphatic heterocycles. The zero-order valence-electron chi connectivity index (χ0n) is 6.63. The van der Waals surface area contributed by atoms with Gasteiger partial charge in [0.15, 0.2) is 0 Å². The maximum atomic E-state index is 11.2. The van der Waals surface area contributed by atoms with E-state index in [1.807, 2.05) is 6.92 Å². The second kappa shape index (κ2) is 5.39. The van der Waals surface area contributed by atoms with Gasteiger partial charge in [0, 0.05) is 11.5 Å². The summed E-state index contributed by atoms with van der Waals surface area (Å²) in [6.45, 7) is 2.27. The highest BCUT2D eigenvalue weighted by Crippen LogP contribution is 2.40. The van der Waals surface area contributed by atoms with Crippen molar-refractivity contribution in [3.8, 4) is 0 Å². The molecule has 0 aliphatic carbocycles. The molecule has 0 atom stereocenters. The van der Waals surface area contributed by atoms with Gasteiger partial charge in [0.2, 0.25) is 0 Å². The van der Waals surface area contributed by atoms with E-state index in [-0.39, 0.29) is 5.97 Å². The van der Waals surface area contributed by atoms with Crippen LogP contribution >= 0.6 is 46.1 Å². The third-order valence-corrected chi connectivity index (χ3v) is 5.61. The molecule has 0 aromatic heterocycles. The van der Waals surface area contributed by atoms with Gasteiger partial charge in [0.25, 0.3) is 0 Å². The summed E-state index contributed by atoms with van der Waals surface area (Å²) in [5, 5.41) is 0. The van der Waals surface area contributed by atoms with Crippen molar-refractivity contribution in [2.45, 2.75) is 6.92 Å². The predicted molar refractivity (Wildman–Crippen MR) is 62.6 cm³/mol. The topological polar surface area (TPSA) is 26.3 Å². The molecule has 0 aromatic carbocycles. The average Bonchev–Trinajstić information content (AvgIpc) is 2.55. The standard InChI is InChI=1S/C7H9IO2S2/c1-2-10-6(9)5(8)7-11-3-4-12-7/h2-4H2,1H3. The number of hydrogen-bond donors (Lipinski definition) is 0. The normalized spacial score (nSPS) is 16.3. The Kier molecular flexibility index (Phi) is 4.81. The predicted octanol–water partition coefficient (Wildman–Crippen LogP) is 2.63. The molecule has 0 spiro atoms. The molecular weight excluding hydrogens is 307 g/mol.